The van der Waals surface area contributed by atoms with Gasteiger partial charge in [0.1, 0.15) is 5.75 Å². The predicted octanol–water partition coefficient (Wildman–Crippen LogP) is 2.43. The summed E-state index contributed by atoms with van der Waals surface area (Å²) in [6, 6.07) is 12.8. The molecule has 0 radical (unpaired) electrons. The number of esters is 1. The second-order valence-electron chi connectivity index (χ2n) is 7.00. The molecule has 1 heterocycles. The van der Waals surface area contributed by atoms with Gasteiger partial charge in [-0.25, -0.2) is 4.79 Å². The summed E-state index contributed by atoms with van der Waals surface area (Å²) < 4.78 is 9.98. The van der Waals surface area contributed by atoms with Gasteiger partial charge in [0.25, 0.3) is 0 Å². The van der Waals surface area contributed by atoms with Crippen LogP contribution in [-0.2, 0) is 9.53 Å². The molecule has 0 spiro atoms. The van der Waals surface area contributed by atoms with E-state index in [-0.39, 0.29) is 24.1 Å². The zero-order valence-electron chi connectivity index (χ0n) is 15.4. The molecule has 1 N–H and O–H groups in total. The van der Waals surface area contributed by atoms with Crippen LogP contribution in [0.15, 0.2) is 54.6 Å². The van der Waals surface area contributed by atoms with Crippen molar-refractivity contribution in [1.82, 2.24) is 0 Å². The summed E-state index contributed by atoms with van der Waals surface area (Å²) in [6.07, 6.45) is 5.22. The number of carboxylic acid groups (broad SMARTS) is 1. The molecule has 6 nitrogen and oxygen atoms in total. The van der Waals surface area contributed by atoms with E-state index in [1.165, 1.54) is 7.11 Å². The number of aromatic carboxylic acids is 1. The maximum Gasteiger partial charge on any atom is 0.343 e. The molecular weight excluding hydrogens is 358 g/mol. The molecule has 1 aliphatic heterocycles. The Labute approximate surface area is 162 Å². The van der Waals surface area contributed by atoms with Crippen molar-refractivity contribution in [2.24, 2.45) is 5.92 Å². The lowest BCUT2D eigenvalue weighted by molar-refractivity contribution is -0.255. The van der Waals surface area contributed by atoms with Crippen LogP contribution >= 0.6 is 0 Å². The van der Waals surface area contributed by atoms with Crippen molar-refractivity contribution in [1.29, 1.82) is 0 Å². The lowest BCUT2D eigenvalue weighted by Crippen LogP contribution is -2.30. The summed E-state index contributed by atoms with van der Waals surface area (Å²) in [6.45, 7) is -0.125. The molecule has 3 atom stereocenters. The largest absolute Gasteiger partial charge is 0.545 e. The molecule has 4 rings (SSSR count). The number of benzene rings is 2. The number of fused-ring (bicyclic) bond motifs is 3. The van der Waals surface area contributed by atoms with E-state index in [1.54, 1.807) is 12.1 Å². The van der Waals surface area contributed by atoms with Crippen LogP contribution in [-0.4, -0.2) is 25.7 Å². The average molecular weight is 378 g/mol. The fourth-order valence-electron chi connectivity index (χ4n) is 4.02. The summed E-state index contributed by atoms with van der Waals surface area (Å²) in [5, 5.41) is 14.8. The van der Waals surface area contributed by atoms with Crippen molar-refractivity contribution in [2.45, 2.75) is 18.4 Å². The van der Waals surface area contributed by atoms with Crippen LogP contribution < -0.4 is 15.2 Å². The van der Waals surface area contributed by atoms with E-state index >= 15 is 0 Å². The number of carboxylic acids is 1. The molecule has 0 aromatic heterocycles. The number of ether oxygens (including phenoxy) is 2. The number of rotatable bonds is 5. The molecule has 2 aliphatic rings. The van der Waals surface area contributed by atoms with Gasteiger partial charge in [-0.15, -0.1) is 0 Å². The minimum Gasteiger partial charge on any atom is -0.545 e. The Balaban J connectivity index is 1.58. The minimum absolute atomic E-state index is 0.0935. The van der Waals surface area contributed by atoms with E-state index in [0.29, 0.717) is 11.7 Å². The molecule has 28 heavy (non-hydrogen) atoms. The third-order valence-electron chi connectivity index (χ3n) is 5.42. The van der Waals surface area contributed by atoms with Gasteiger partial charge < -0.3 is 24.7 Å². The summed E-state index contributed by atoms with van der Waals surface area (Å²) >= 11 is 0. The maximum atomic E-state index is 11.2. The van der Waals surface area contributed by atoms with Crippen LogP contribution in [0.5, 0.6) is 5.75 Å². The van der Waals surface area contributed by atoms with Crippen molar-refractivity contribution >= 4 is 17.6 Å². The first-order valence-electron chi connectivity index (χ1n) is 9.15. The Kier molecular flexibility index (Phi) is 4.77. The van der Waals surface area contributed by atoms with Crippen LogP contribution in [0.25, 0.3) is 0 Å². The first kappa shape index (κ1) is 18.1. The van der Waals surface area contributed by atoms with Crippen molar-refractivity contribution in [3.63, 3.8) is 0 Å². The molecule has 0 saturated heterocycles. The second kappa shape index (κ2) is 7.38. The van der Waals surface area contributed by atoms with Gasteiger partial charge in [0.15, 0.2) is 6.61 Å². The van der Waals surface area contributed by atoms with E-state index in [1.807, 2.05) is 30.3 Å². The van der Waals surface area contributed by atoms with Gasteiger partial charge in [-0.05, 0) is 53.3 Å². The molecule has 0 fully saturated rings. The Morgan fingerprint density at radius 3 is 2.68 bits per heavy atom. The topological polar surface area (TPSA) is 87.7 Å². The minimum atomic E-state index is -1.16. The number of hydrogen-bond acceptors (Lipinski definition) is 6. The third-order valence-corrected chi connectivity index (χ3v) is 5.42. The molecule has 6 heteroatoms. The van der Waals surface area contributed by atoms with Crippen molar-refractivity contribution < 1.29 is 24.2 Å². The van der Waals surface area contributed by atoms with Crippen LogP contribution in [0.4, 0.5) is 5.69 Å². The van der Waals surface area contributed by atoms with E-state index in [4.69, 9.17) is 4.74 Å². The predicted molar refractivity (Wildman–Crippen MR) is 101 cm³/mol. The Morgan fingerprint density at radius 1 is 1.18 bits per heavy atom. The number of carbonyl (C=O) groups is 2. The van der Waals surface area contributed by atoms with Crippen molar-refractivity contribution in [3.8, 4) is 5.75 Å². The number of nitrogens with one attached hydrogen (secondary N) is 1. The molecule has 2 aromatic carbocycles. The smallest absolute Gasteiger partial charge is 0.343 e. The lowest BCUT2D eigenvalue weighted by Gasteiger charge is -2.38. The highest BCUT2D eigenvalue weighted by atomic mass is 16.6. The van der Waals surface area contributed by atoms with Gasteiger partial charge >= 0.3 is 5.97 Å². The first-order valence-corrected chi connectivity index (χ1v) is 9.15. The summed E-state index contributed by atoms with van der Waals surface area (Å²) in [4.78, 5) is 22.4. The standard InChI is InChI=1S/C22H21NO5/c1-27-20(24)12-28-15-8-5-13(6-9-15)21-17-4-2-3-16(17)18-11-14(22(25)26)7-10-19(18)23-21/h2-3,5-11,16-17,21,23H,4,12H2,1H3,(H,25,26)/p-1/t16-,17-,21-/m1/s1. The highest BCUT2D eigenvalue weighted by Gasteiger charge is 2.37. The van der Waals surface area contributed by atoms with Crippen molar-refractivity contribution in [2.75, 3.05) is 19.0 Å². The van der Waals surface area contributed by atoms with Crippen LogP contribution in [0.2, 0.25) is 0 Å². The van der Waals surface area contributed by atoms with E-state index in [2.05, 4.69) is 22.2 Å². The third kappa shape index (κ3) is 3.33. The first-order chi connectivity index (χ1) is 13.6. The SMILES string of the molecule is COC(=O)COc1ccc([C@H]2Nc3ccc(C(=O)[O-])cc3[C@@H]3C=CC[C@@H]23)cc1. The average Bonchev–Trinajstić information content (AvgIpc) is 3.21. The lowest BCUT2D eigenvalue weighted by atomic mass is 9.76. The molecule has 0 saturated carbocycles. The number of allylic oxidation sites excluding steroid dienone is 2. The quantitative estimate of drug-likeness (QED) is 0.635. The number of methoxy groups -OCH3 is 1. The fourth-order valence-corrected chi connectivity index (χ4v) is 4.02. The molecule has 0 unspecified atom stereocenters. The monoisotopic (exact) mass is 378 g/mol. The van der Waals surface area contributed by atoms with Gasteiger partial charge in [-0.3, -0.25) is 0 Å². The summed E-state index contributed by atoms with van der Waals surface area (Å²) in [5.74, 6) is -0.524. The van der Waals surface area contributed by atoms with Gasteiger partial charge in [-0.2, -0.15) is 0 Å². The van der Waals surface area contributed by atoms with Gasteiger partial charge in [0, 0.05) is 11.6 Å². The number of carbonyl (C=O) groups excluding carboxylic acids is 2. The van der Waals surface area contributed by atoms with E-state index < -0.39 is 11.9 Å². The van der Waals surface area contributed by atoms with E-state index in [0.717, 1.165) is 23.2 Å². The zero-order valence-corrected chi connectivity index (χ0v) is 15.4. The molecule has 0 amide bonds. The van der Waals surface area contributed by atoms with Crippen molar-refractivity contribution in [3.05, 3.63) is 71.3 Å². The van der Waals surface area contributed by atoms with Crippen LogP contribution in [0.3, 0.4) is 0 Å². The fraction of sp³-hybridized carbons (Fsp3) is 0.273. The number of anilines is 1. The Morgan fingerprint density at radius 2 is 1.96 bits per heavy atom. The highest BCUT2D eigenvalue weighted by molar-refractivity contribution is 5.87. The zero-order chi connectivity index (χ0) is 19.7. The van der Waals surface area contributed by atoms with Gasteiger partial charge in [0.2, 0.25) is 0 Å². The second-order valence-corrected chi connectivity index (χ2v) is 7.00. The highest BCUT2D eigenvalue weighted by Crippen LogP contribution is 2.50. The number of hydrogen-bond donors (Lipinski definition) is 1. The summed E-state index contributed by atoms with van der Waals surface area (Å²) in [7, 11) is 1.32. The molecule has 2 aromatic rings. The molecule has 1 aliphatic carbocycles. The molecule has 0 bridgehead atoms. The van der Waals surface area contributed by atoms with Gasteiger partial charge in [0.05, 0.1) is 19.1 Å². The van der Waals surface area contributed by atoms with Crippen LogP contribution in [0.1, 0.15) is 39.9 Å². The molecular formula is C22H20NO5-. The van der Waals surface area contributed by atoms with E-state index in [9.17, 15) is 14.7 Å². The Bertz CT molecular complexity index is 934. The molecule has 144 valence electrons. The van der Waals surface area contributed by atoms with Gasteiger partial charge in [-0.1, -0.05) is 30.4 Å². The summed E-state index contributed by atoms with van der Waals surface area (Å²) in [5.41, 5.74) is 3.24. The Hall–Kier alpha value is -3.28. The normalized spacial score (nSPS) is 22.0. The van der Waals surface area contributed by atoms with Crippen LogP contribution in [0, 0.1) is 5.92 Å². The maximum absolute atomic E-state index is 11.2.